The largest absolute Gasteiger partial charge is 0.382 e. The van der Waals surface area contributed by atoms with E-state index in [1.54, 1.807) is 0 Å². The van der Waals surface area contributed by atoms with E-state index < -0.39 is 0 Å². The van der Waals surface area contributed by atoms with Crippen molar-refractivity contribution in [3.63, 3.8) is 0 Å². The molecular formula is C28H44N2. The van der Waals surface area contributed by atoms with Crippen LogP contribution in [0, 0.1) is 24.2 Å². The molecule has 1 aliphatic carbocycles. The predicted molar refractivity (Wildman–Crippen MR) is 130 cm³/mol. The van der Waals surface area contributed by atoms with Gasteiger partial charge in [0.15, 0.2) is 0 Å². The standard InChI is InChI=1S/C28H44N2/c1-21(2)27(23(4)26-10-8-7-9-11-26)29-24(5)28(6)16-18-30(19-17-28)20-25-14-12-22(3)13-15-25/h12-15,23,26-27,29H,1,5,7-11,16-20H2,2-4,6H3. The Kier molecular flexibility index (Phi) is 7.85. The number of aryl methyl sites for hydroxylation is 1. The summed E-state index contributed by atoms with van der Waals surface area (Å²) in [4.78, 5) is 2.60. The van der Waals surface area contributed by atoms with Crippen LogP contribution in [0.5, 0.6) is 0 Å². The van der Waals surface area contributed by atoms with Crippen LogP contribution in [0.4, 0.5) is 0 Å². The molecule has 0 bridgehead atoms. The van der Waals surface area contributed by atoms with Crippen molar-refractivity contribution >= 4 is 0 Å². The first-order valence-corrected chi connectivity index (χ1v) is 12.2. The first kappa shape index (κ1) is 23.1. The van der Waals surface area contributed by atoms with Crippen molar-refractivity contribution in [3.8, 4) is 0 Å². The summed E-state index contributed by atoms with van der Waals surface area (Å²) in [5, 5.41) is 3.88. The van der Waals surface area contributed by atoms with Crippen molar-refractivity contribution in [3.05, 3.63) is 59.8 Å². The fourth-order valence-electron chi connectivity index (χ4n) is 5.46. The summed E-state index contributed by atoms with van der Waals surface area (Å²) in [5.41, 5.74) is 5.42. The fraction of sp³-hybridized carbons (Fsp3) is 0.643. The summed E-state index contributed by atoms with van der Waals surface area (Å²) in [6.45, 7) is 21.4. The van der Waals surface area contributed by atoms with E-state index >= 15 is 0 Å². The second-order valence-corrected chi connectivity index (χ2v) is 10.5. The molecule has 0 aromatic heterocycles. The Hall–Kier alpha value is -1.54. The Morgan fingerprint density at radius 3 is 2.27 bits per heavy atom. The van der Waals surface area contributed by atoms with Crippen molar-refractivity contribution in [2.75, 3.05) is 13.1 Å². The normalized spacial score (nSPS) is 22.3. The summed E-state index contributed by atoms with van der Waals surface area (Å²) >= 11 is 0. The van der Waals surface area contributed by atoms with Crippen molar-refractivity contribution in [1.29, 1.82) is 0 Å². The highest BCUT2D eigenvalue weighted by Crippen LogP contribution is 2.39. The second-order valence-electron chi connectivity index (χ2n) is 10.5. The number of nitrogens with one attached hydrogen (secondary N) is 1. The number of hydrogen-bond donors (Lipinski definition) is 1. The SMILES string of the molecule is C=C(C)C(NC(=C)C1(C)CCN(Cc2ccc(C)cc2)CC1)C(C)C1CCCCC1. The summed E-state index contributed by atoms with van der Waals surface area (Å²) in [6.07, 6.45) is 9.31. The quantitative estimate of drug-likeness (QED) is 0.473. The Bertz CT molecular complexity index is 703. The molecular weight excluding hydrogens is 364 g/mol. The van der Waals surface area contributed by atoms with Crippen LogP contribution in [0.3, 0.4) is 0 Å². The zero-order valence-corrected chi connectivity index (χ0v) is 20.0. The van der Waals surface area contributed by atoms with Gasteiger partial charge in [-0.2, -0.15) is 0 Å². The number of likely N-dealkylation sites (tertiary alicyclic amines) is 1. The number of nitrogens with zero attached hydrogens (tertiary/aromatic N) is 1. The summed E-state index contributed by atoms with van der Waals surface area (Å²) in [7, 11) is 0. The highest BCUT2D eigenvalue weighted by atomic mass is 15.1. The van der Waals surface area contributed by atoms with Gasteiger partial charge in [-0.1, -0.05) is 94.5 Å². The monoisotopic (exact) mass is 408 g/mol. The predicted octanol–water partition coefficient (Wildman–Crippen LogP) is 6.86. The first-order chi connectivity index (χ1) is 14.3. The van der Waals surface area contributed by atoms with Crippen LogP contribution in [-0.2, 0) is 6.54 Å². The number of benzene rings is 1. The maximum atomic E-state index is 4.55. The molecule has 30 heavy (non-hydrogen) atoms. The van der Waals surface area contributed by atoms with Crippen molar-refractivity contribution in [1.82, 2.24) is 10.2 Å². The fourth-order valence-corrected chi connectivity index (χ4v) is 5.46. The van der Waals surface area contributed by atoms with Crippen LogP contribution in [0.1, 0.15) is 76.8 Å². The molecule has 2 atom stereocenters. The van der Waals surface area contributed by atoms with Gasteiger partial charge >= 0.3 is 0 Å². The molecule has 1 saturated heterocycles. The minimum atomic E-state index is 0.170. The van der Waals surface area contributed by atoms with E-state index in [1.807, 2.05) is 0 Å². The number of rotatable bonds is 8. The molecule has 0 spiro atoms. The molecule has 2 aliphatic rings. The molecule has 1 aromatic rings. The van der Waals surface area contributed by atoms with E-state index in [4.69, 9.17) is 0 Å². The summed E-state index contributed by atoms with van der Waals surface area (Å²) in [5.74, 6) is 1.45. The van der Waals surface area contributed by atoms with Crippen LogP contribution in [0.25, 0.3) is 0 Å². The van der Waals surface area contributed by atoms with Gasteiger partial charge in [0.2, 0.25) is 0 Å². The van der Waals surface area contributed by atoms with Crippen LogP contribution >= 0.6 is 0 Å². The number of hydrogen-bond acceptors (Lipinski definition) is 2. The van der Waals surface area contributed by atoms with E-state index in [0.717, 1.165) is 25.6 Å². The second kappa shape index (κ2) is 10.2. The minimum absolute atomic E-state index is 0.170. The maximum absolute atomic E-state index is 4.55. The third-order valence-electron chi connectivity index (χ3n) is 7.99. The molecule has 3 rings (SSSR count). The van der Waals surface area contributed by atoms with Gasteiger partial charge in [0.25, 0.3) is 0 Å². The molecule has 1 aromatic carbocycles. The van der Waals surface area contributed by atoms with Gasteiger partial charge in [0.05, 0.1) is 0 Å². The van der Waals surface area contributed by atoms with Crippen molar-refractivity contribution in [2.24, 2.45) is 17.3 Å². The molecule has 166 valence electrons. The van der Waals surface area contributed by atoms with Crippen LogP contribution in [-0.4, -0.2) is 24.0 Å². The lowest BCUT2D eigenvalue weighted by molar-refractivity contribution is 0.129. The lowest BCUT2D eigenvalue weighted by atomic mass is 9.74. The maximum Gasteiger partial charge on any atom is 0.0493 e. The van der Waals surface area contributed by atoms with Crippen molar-refractivity contribution in [2.45, 2.75) is 85.2 Å². The number of allylic oxidation sites excluding steroid dienone is 1. The molecule has 1 saturated carbocycles. The average molecular weight is 409 g/mol. The third-order valence-corrected chi connectivity index (χ3v) is 7.99. The molecule has 2 nitrogen and oxygen atoms in total. The molecule has 0 amide bonds. The van der Waals surface area contributed by atoms with Crippen LogP contribution in [0.2, 0.25) is 0 Å². The van der Waals surface area contributed by atoms with Gasteiger partial charge in [-0.15, -0.1) is 0 Å². The minimum Gasteiger partial charge on any atom is -0.382 e. The lowest BCUT2D eigenvalue weighted by Gasteiger charge is -2.43. The zero-order valence-electron chi connectivity index (χ0n) is 20.0. The molecule has 0 radical (unpaired) electrons. The van der Waals surface area contributed by atoms with Gasteiger partial charge in [0, 0.05) is 23.7 Å². The Morgan fingerprint density at radius 2 is 1.70 bits per heavy atom. The molecule has 1 N–H and O–H groups in total. The molecule has 2 heteroatoms. The van der Waals surface area contributed by atoms with Crippen molar-refractivity contribution < 1.29 is 0 Å². The summed E-state index contributed by atoms with van der Waals surface area (Å²) < 4.78 is 0. The highest BCUT2D eigenvalue weighted by molar-refractivity contribution is 5.21. The zero-order chi connectivity index (χ0) is 21.7. The van der Waals surface area contributed by atoms with E-state index in [-0.39, 0.29) is 5.41 Å². The van der Waals surface area contributed by atoms with Gasteiger partial charge in [-0.05, 0) is 57.2 Å². The van der Waals surface area contributed by atoms with E-state index in [0.29, 0.717) is 12.0 Å². The average Bonchev–Trinajstić information content (AvgIpc) is 2.75. The smallest absolute Gasteiger partial charge is 0.0493 e. The molecule has 2 fully saturated rings. The lowest BCUT2D eigenvalue weighted by Crippen LogP contribution is -2.46. The highest BCUT2D eigenvalue weighted by Gasteiger charge is 2.35. The topological polar surface area (TPSA) is 15.3 Å². The number of piperidine rings is 1. The van der Waals surface area contributed by atoms with Crippen LogP contribution < -0.4 is 5.32 Å². The molecule has 1 aliphatic heterocycles. The third kappa shape index (κ3) is 5.78. The van der Waals surface area contributed by atoms with Crippen LogP contribution in [0.15, 0.2) is 48.7 Å². The van der Waals surface area contributed by atoms with E-state index in [1.165, 1.54) is 67.3 Å². The Labute approximate surface area is 185 Å². The van der Waals surface area contributed by atoms with E-state index in [2.05, 4.69) is 75.3 Å². The van der Waals surface area contributed by atoms with E-state index in [9.17, 15) is 0 Å². The Morgan fingerprint density at radius 1 is 1.10 bits per heavy atom. The van der Waals surface area contributed by atoms with Gasteiger partial charge in [-0.3, -0.25) is 4.90 Å². The van der Waals surface area contributed by atoms with Gasteiger partial charge in [-0.25, -0.2) is 0 Å². The molecule has 1 heterocycles. The summed E-state index contributed by atoms with van der Waals surface area (Å²) in [6, 6.07) is 9.34. The van der Waals surface area contributed by atoms with Gasteiger partial charge < -0.3 is 5.32 Å². The van der Waals surface area contributed by atoms with Gasteiger partial charge in [0.1, 0.15) is 0 Å². The first-order valence-electron chi connectivity index (χ1n) is 12.2. The Balaban J connectivity index is 1.55. The molecule has 2 unspecified atom stereocenters.